The third kappa shape index (κ3) is 2.10. The average molecular weight is 293 g/mol. The number of nitrogens with zero attached hydrogens (tertiary/aromatic N) is 1. The molecule has 3 nitrogen and oxygen atoms in total. The molecule has 1 N–H and O–H groups in total. The molecule has 0 saturated carbocycles. The van der Waals surface area contributed by atoms with Crippen molar-refractivity contribution in [3.63, 3.8) is 0 Å². The number of carbonyl (C=O) groups is 1. The zero-order valence-electron chi connectivity index (χ0n) is 13.0. The first-order chi connectivity index (χ1) is 10.4. The van der Waals surface area contributed by atoms with Crippen LogP contribution < -0.4 is 4.90 Å². The monoisotopic (exact) mass is 293 g/mol. The smallest absolute Gasteiger partial charge is 0.191 e. The molecule has 0 amide bonds. The van der Waals surface area contributed by atoms with Gasteiger partial charge in [0.15, 0.2) is 5.78 Å². The maximum Gasteiger partial charge on any atom is 0.191 e. The predicted molar refractivity (Wildman–Crippen MR) is 88.4 cm³/mol. The van der Waals surface area contributed by atoms with Crippen LogP contribution in [-0.4, -0.2) is 17.9 Å². The standard InChI is InChI=1S/C19H19NO2/c1-19(2)14-9-5-6-10-15(14)20(3)18(19)12-17(22)13-8-4-7-11-16(13)21/h4-12,21H,1-3H3. The minimum absolute atomic E-state index is 0.0142. The van der Waals surface area contributed by atoms with E-state index in [2.05, 4.69) is 26.0 Å². The zero-order chi connectivity index (χ0) is 15.9. The summed E-state index contributed by atoms with van der Waals surface area (Å²) in [6.07, 6.45) is 1.63. The Hall–Kier alpha value is -2.55. The Morgan fingerprint density at radius 2 is 1.73 bits per heavy atom. The highest BCUT2D eigenvalue weighted by Gasteiger charge is 2.38. The molecule has 2 aromatic carbocycles. The highest BCUT2D eigenvalue weighted by Crippen LogP contribution is 2.46. The summed E-state index contributed by atoms with van der Waals surface area (Å²) in [7, 11) is 1.97. The fourth-order valence-electron chi connectivity index (χ4n) is 3.14. The van der Waals surface area contributed by atoms with Gasteiger partial charge in [0.2, 0.25) is 0 Å². The second-order valence-corrected chi connectivity index (χ2v) is 6.11. The number of aromatic hydroxyl groups is 1. The van der Waals surface area contributed by atoms with Crippen LogP contribution in [0.15, 0.2) is 60.3 Å². The van der Waals surface area contributed by atoms with E-state index in [1.165, 1.54) is 11.6 Å². The van der Waals surface area contributed by atoms with Gasteiger partial charge in [-0.15, -0.1) is 0 Å². The van der Waals surface area contributed by atoms with Crippen LogP contribution >= 0.6 is 0 Å². The molecule has 0 radical (unpaired) electrons. The zero-order valence-corrected chi connectivity index (χ0v) is 13.0. The highest BCUT2D eigenvalue weighted by molar-refractivity contribution is 6.07. The van der Waals surface area contributed by atoms with E-state index in [9.17, 15) is 9.90 Å². The van der Waals surface area contributed by atoms with Gasteiger partial charge in [-0.25, -0.2) is 0 Å². The van der Waals surface area contributed by atoms with Crippen LogP contribution in [0.2, 0.25) is 0 Å². The van der Waals surface area contributed by atoms with Crippen molar-refractivity contribution in [2.24, 2.45) is 0 Å². The Labute approximate surface area is 130 Å². The number of phenolic OH excluding ortho intramolecular Hbond substituents is 1. The number of anilines is 1. The Bertz CT molecular complexity index is 775. The second kappa shape index (κ2) is 5.02. The highest BCUT2D eigenvalue weighted by atomic mass is 16.3. The number of likely N-dealkylation sites (N-methyl/N-ethyl adjacent to an activating group) is 1. The van der Waals surface area contributed by atoms with Gasteiger partial charge in [-0.2, -0.15) is 0 Å². The minimum Gasteiger partial charge on any atom is -0.507 e. The number of fused-ring (bicyclic) bond motifs is 1. The van der Waals surface area contributed by atoms with E-state index in [0.717, 1.165) is 11.4 Å². The topological polar surface area (TPSA) is 40.5 Å². The van der Waals surface area contributed by atoms with Gasteiger partial charge < -0.3 is 10.0 Å². The van der Waals surface area contributed by atoms with Crippen molar-refractivity contribution < 1.29 is 9.90 Å². The van der Waals surface area contributed by atoms with Crippen LogP contribution in [0, 0.1) is 0 Å². The van der Waals surface area contributed by atoms with Gasteiger partial charge in [0.25, 0.3) is 0 Å². The quantitative estimate of drug-likeness (QED) is 0.674. The fourth-order valence-corrected chi connectivity index (χ4v) is 3.14. The van der Waals surface area contributed by atoms with E-state index in [1.54, 1.807) is 24.3 Å². The number of para-hydroxylation sites is 2. The van der Waals surface area contributed by atoms with E-state index in [1.807, 2.05) is 24.1 Å². The summed E-state index contributed by atoms with van der Waals surface area (Å²) in [5.41, 5.74) is 3.33. The Morgan fingerprint density at radius 3 is 2.41 bits per heavy atom. The molecule has 1 heterocycles. The van der Waals surface area contributed by atoms with Crippen molar-refractivity contribution >= 4 is 11.5 Å². The molecule has 0 spiro atoms. The number of hydrogen-bond donors (Lipinski definition) is 1. The summed E-state index contributed by atoms with van der Waals surface area (Å²) in [5, 5.41) is 9.86. The van der Waals surface area contributed by atoms with E-state index in [-0.39, 0.29) is 16.9 Å². The molecule has 0 fully saturated rings. The van der Waals surface area contributed by atoms with Crippen molar-refractivity contribution in [3.05, 3.63) is 71.4 Å². The second-order valence-electron chi connectivity index (χ2n) is 6.11. The van der Waals surface area contributed by atoms with Crippen LogP contribution in [0.25, 0.3) is 0 Å². The normalized spacial score (nSPS) is 17.6. The van der Waals surface area contributed by atoms with Crippen LogP contribution in [0.3, 0.4) is 0 Å². The van der Waals surface area contributed by atoms with Crippen LogP contribution in [0.5, 0.6) is 5.75 Å². The summed E-state index contributed by atoms with van der Waals surface area (Å²) in [4.78, 5) is 14.6. The van der Waals surface area contributed by atoms with Crippen molar-refractivity contribution in [2.45, 2.75) is 19.3 Å². The maximum absolute atomic E-state index is 12.5. The lowest BCUT2D eigenvalue weighted by atomic mass is 9.83. The lowest BCUT2D eigenvalue weighted by Crippen LogP contribution is -2.24. The number of allylic oxidation sites excluding steroid dienone is 2. The van der Waals surface area contributed by atoms with Crippen molar-refractivity contribution in [2.75, 3.05) is 11.9 Å². The van der Waals surface area contributed by atoms with Crippen LogP contribution in [-0.2, 0) is 5.41 Å². The van der Waals surface area contributed by atoms with Gasteiger partial charge in [-0.3, -0.25) is 4.79 Å². The Morgan fingerprint density at radius 1 is 1.09 bits per heavy atom. The van der Waals surface area contributed by atoms with Crippen LogP contribution in [0.1, 0.15) is 29.8 Å². The third-order valence-corrected chi connectivity index (χ3v) is 4.38. The molecule has 112 valence electrons. The summed E-state index contributed by atoms with van der Waals surface area (Å²) in [5.74, 6) is -0.166. The number of ketones is 1. The van der Waals surface area contributed by atoms with Gasteiger partial charge in [0, 0.05) is 29.9 Å². The lowest BCUT2D eigenvalue weighted by molar-refractivity contribution is 0.104. The number of rotatable bonds is 2. The molecular weight excluding hydrogens is 274 g/mol. The summed E-state index contributed by atoms with van der Waals surface area (Å²) < 4.78 is 0. The molecule has 0 atom stereocenters. The number of phenols is 1. The maximum atomic E-state index is 12.5. The summed E-state index contributed by atoms with van der Waals surface area (Å²) in [6, 6.07) is 14.8. The summed E-state index contributed by atoms with van der Waals surface area (Å²) >= 11 is 0. The van der Waals surface area contributed by atoms with E-state index < -0.39 is 0 Å². The van der Waals surface area contributed by atoms with Crippen molar-refractivity contribution in [1.82, 2.24) is 0 Å². The van der Waals surface area contributed by atoms with Crippen molar-refractivity contribution in [1.29, 1.82) is 0 Å². The minimum atomic E-state index is -0.245. The summed E-state index contributed by atoms with van der Waals surface area (Å²) in [6.45, 7) is 4.22. The van der Waals surface area contributed by atoms with Crippen LogP contribution in [0.4, 0.5) is 5.69 Å². The first-order valence-corrected chi connectivity index (χ1v) is 7.30. The molecule has 1 aliphatic rings. The molecule has 3 heteroatoms. The fraction of sp³-hybridized carbons (Fsp3) is 0.211. The first-order valence-electron chi connectivity index (χ1n) is 7.30. The van der Waals surface area contributed by atoms with Crippen molar-refractivity contribution in [3.8, 4) is 5.75 Å². The molecule has 2 aromatic rings. The SMILES string of the molecule is CN1C(=CC(=O)c2ccccc2O)C(C)(C)c2ccccc21. The van der Waals surface area contributed by atoms with Gasteiger partial charge >= 0.3 is 0 Å². The van der Waals surface area contributed by atoms with E-state index in [0.29, 0.717) is 5.56 Å². The number of hydrogen-bond acceptors (Lipinski definition) is 3. The predicted octanol–water partition coefficient (Wildman–Crippen LogP) is 3.89. The number of benzene rings is 2. The molecular formula is C19H19NO2. The Balaban J connectivity index is 2.06. The average Bonchev–Trinajstić information content (AvgIpc) is 2.69. The van der Waals surface area contributed by atoms with E-state index in [4.69, 9.17) is 0 Å². The van der Waals surface area contributed by atoms with Gasteiger partial charge in [0.1, 0.15) is 5.75 Å². The molecule has 3 rings (SSSR count). The molecule has 0 unspecified atom stereocenters. The molecule has 0 saturated heterocycles. The first kappa shape index (κ1) is 14.4. The molecule has 22 heavy (non-hydrogen) atoms. The third-order valence-electron chi connectivity index (χ3n) is 4.38. The largest absolute Gasteiger partial charge is 0.507 e. The molecule has 0 aromatic heterocycles. The Kier molecular flexibility index (Phi) is 3.28. The molecule has 0 bridgehead atoms. The van der Waals surface area contributed by atoms with Gasteiger partial charge in [0.05, 0.1) is 5.56 Å². The molecule has 0 aliphatic carbocycles. The van der Waals surface area contributed by atoms with Gasteiger partial charge in [-0.1, -0.05) is 44.2 Å². The molecule has 1 aliphatic heterocycles. The lowest BCUT2D eigenvalue weighted by Gasteiger charge is -2.24. The number of carbonyl (C=O) groups excluding carboxylic acids is 1. The van der Waals surface area contributed by atoms with Gasteiger partial charge in [-0.05, 0) is 23.8 Å². The van der Waals surface area contributed by atoms with E-state index >= 15 is 0 Å².